The predicted molar refractivity (Wildman–Crippen MR) is 91.6 cm³/mol. The summed E-state index contributed by atoms with van der Waals surface area (Å²) in [7, 11) is 0. The van der Waals surface area contributed by atoms with Crippen molar-refractivity contribution in [2.45, 2.75) is 5.92 Å². The second kappa shape index (κ2) is 5.57. The number of phenols is 2. The van der Waals surface area contributed by atoms with Gasteiger partial charge in [0.25, 0.3) is 0 Å². The fraction of sp³-hybridized carbons (Fsp3) is 0.0526. The summed E-state index contributed by atoms with van der Waals surface area (Å²) in [5.74, 6) is -1.51. The maximum Gasteiger partial charge on any atom is 0.344 e. The molecule has 4 N–H and O–H groups in total. The Morgan fingerprint density at radius 1 is 1.12 bits per heavy atom. The topological polar surface area (TPSA) is 130 Å². The number of allylic oxidation sites excluding steroid dienone is 1. The van der Waals surface area contributed by atoms with E-state index in [1.807, 2.05) is 6.07 Å². The SMILES string of the molecule is N#CC1=C(N)Oc2c(c(=O)oc3ccccc23)[C@H]1c1ccc(O)c(O)c1. The highest BCUT2D eigenvalue weighted by Gasteiger charge is 2.35. The van der Waals surface area contributed by atoms with E-state index in [1.54, 1.807) is 24.3 Å². The molecular weight excluding hydrogens is 336 g/mol. The zero-order chi connectivity index (χ0) is 18.4. The van der Waals surface area contributed by atoms with Crippen LogP contribution >= 0.6 is 0 Å². The quantitative estimate of drug-likeness (QED) is 0.455. The van der Waals surface area contributed by atoms with E-state index >= 15 is 0 Å². The summed E-state index contributed by atoms with van der Waals surface area (Å²) in [5.41, 5.74) is 6.12. The maximum atomic E-state index is 12.7. The third-order valence-corrected chi connectivity index (χ3v) is 4.31. The van der Waals surface area contributed by atoms with E-state index in [4.69, 9.17) is 14.9 Å². The maximum absolute atomic E-state index is 12.7. The van der Waals surface area contributed by atoms with Crippen LogP contribution in [0.1, 0.15) is 17.0 Å². The molecule has 1 aliphatic heterocycles. The zero-order valence-electron chi connectivity index (χ0n) is 13.3. The number of nitrogens with two attached hydrogens (primary N) is 1. The summed E-state index contributed by atoms with van der Waals surface area (Å²) in [6.45, 7) is 0. The van der Waals surface area contributed by atoms with E-state index in [-0.39, 0.29) is 34.3 Å². The summed E-state index contributed by atoms with van der Waals surface area (Å²) in [4.78, 5) is 12.7. The van der Waals surface area contributed by atoms with E-state index in [1.165, 1.54) is 18.2 Å². The molecular formula is C19H12N2O5. The molecule has 0 spiro atoms. The van der Waals surface area contributed by atoms with Gasteiger partial charge in [0, 0.05) is 0 Å². The molecule has 0 amide bonds. The van der Waals surface area contributed by atoms with Gasteiger partial charge in [0.15, 0.2) is 17.2 Å². The molecule has 3 aromatic rings. The van der Waals surface area contributed by atoms with Gasteiger partial charge in [0.1, 0.15) is 17.2 Å². The number of rotatable bonds is 1. The number of para-hydroxylation sites is 1. The van der Waals surface area contributed by atoms with Crippen molar-refractivity contribution in [2.75, 3.05) is 0 Å². The number of phenolic OH excluding ortho intramolecular Hbond substituents is 2. The van der Waals surface area contributed by atoms with Crippen LogP contribution in [-0.2, 0) is 0 Å². The highest BCUT2D eigenvalue weighted by Crippen LogP contribution is 2.44. The first-order valence-corrected chi connectivity index (χ1v) is 7.66. The van der Waals surface area contributed by atoms with Gasteiger partial charge in [-0.2, -0.15) is 5.26 Å². The number of benzene rings is 2. The summed E-state index contributed by atoms with van der Waals surface area (Å²) < 4.78 is 11.0. The molecule has 0 saturated carbocycles. The second-order valence-electron chi connectivity index (χ2n) is 5.80. The van der Waals surface area contributed by atoms with Crippen LogP contribution in [0.3, 0.4) is 0 Å². The summed E-state index contributed by atoms with van der Waals surface area (Å²) in [5, 5.41) is 29.5. The highest BCUT2D eigenvalue weighted by molar-refractivity contribution is 5.86. The number of aromatic hydroxyl groups is 2. The normalized spacial score (nSPS) is 16.0. The lowest BCUT2D eigenvalue weighted by Gasteiger charge is -2.26. The molecule has 0 aliphatic carbocycles. The fourth-order valence-corrected chi connectivity index (χ4v) is 3.12. The van der Waals surface area contributed by atoms with Crippen molar-refractivity contribution < 1.29 is 19.4 Å². The first-order valence-electron chi connectivity index (χ1n) is 7.66. The lowest BCUT2D eigenvalue weighted by molar-refractivity contribution is 0.386. The number of nitrogens with zero attached hydrogens (tertiary/aromatic N) is 1. The molecule has 4 rings (SSSR count). The third-order valence-electron chi connectivity index (χ3n) is 4.31. The molecule has 1 aromatic heterocycles. The molecule has 26 heavy (non-hydrogen) atoms. The van der Waals surface area contributed by atoms with Crippen molar-refractivity contribution in [3.8, 4) is 23.3 Å². The van der Waals surface area contributed by atoms with E-state index in [9.17, 15) is 20.3 Å². The van der Waals surface area contributed by atoms with Crippen LogP contribution in [0.5, 0.6) is 17.2 Å². The molecule has 2 heterocycles. The molecule has 0 unspecified atom stereocenters. The van der Waals surface area contributed by atoms with Crippen LogP contribution in [0.4, 0.5) is 0 Å². The van der Waals surface area contributed by atoms with Crippen molar-refractivity contribution in [3.05, 3.63) is 75.5 Å². The first-order chi connectivity index (χ1) is 12.5. The molecule has 1 atom stereocenters. The molecule has 0 saturated heterocycles. The summed E-state index contributed by atoms with van der Waals surface area (Å²) in [6, 6.07) is 12.8. The van der Waals surface area contributed by atoms with Crippen molar-refractivity contribution >= 4 is 11.0 Å². The lowest BCUT2D eigenvalue weighted by Crippen LogP contribution is -2.26. The fourth-order valence-electron chi connectivity index (χ4n) is 3.12. The Hall–Kier alpha value is -3.92. The largest absolute Gasteiger partial charge is 0.504 e. The van der Waals surface area contributed by atoms with Crippen molar-refractivity contribution in [1.29, 1.82) is 5.26 Å². The lowest BCUT2D eigenvalue weighted by atomic mass is 9.83. The molecule has 0 fully saturated rings. The Morgan fingerprint density at radius 2 is 1.88 bits per heavy atom. The van der Waals surface area contributed by atoms with E-state index in [0.717, 1.165) is 0 Å². The molecule has 7 heteroatoms. The van der Waals surface area contributed by atoms with Crippen LogP contribution in [0, 0.1) is 11.3 Å². The minimum atomic E-state index is -0.892. The van der Waals surface area contributed by atoms with Gasteiger partial charge in [-0.3, -0.25) is 0 Å². The molecule has 128 valence electrons. The van der Waals surface area contributed by atoms with Gasteiger partial charge in [-0.15, -0.1) is 0 Å². The Balaban J connectivity index is 2.08. The van der Waals surface area contributed by atoms with Gasteiger partial charge in [-0.1, -0.05) is 18.2 Å². The second-order valence-corrected chi connectivity index (χ2v) is 5.80. The smallest absolute Gasteiger partial charge is 0.344 e. The van der Waals surface area contributed by atoms with E-state index < -0.39 is 11.5 Å². The minimum Gasteiger partial charge on any atom is -0.504 e. The zero-order valence-corrected chi connectivity index (χ0v) is 13.3. The minimum absolute atomic E-state index is 0.0187. The molecule has 0 bridgehead atoms. The van der Waals surface area contributed by atoms with E-state index in [0.29, 0.717) is 16.5 Å². The van der Waals surface area contributed by atoms with Gasteiger partial charge in [0.2, 0.25) is 5.88 Å². The van der Waals surface area contributed by atoms with Gasteiger partial charge in [0.05, 0.1) is 16.9 Å². The molecule has 7 nitrogen and oxygen atoms in total. The van der Waals surface area contributed by atoms with Crippen LogP contribution < -0.4 is 16.1 Å². The summed E-state index contributed by atoms with van der Waals surface area (Å²) >= 11 is 0. The number of fused-ring (bicyclic) bond motifs is 3. The van der Waals surface area contributed by atoms with Gasteiger partial charge >= 0.3 is 5.63 Å². The van der Waals surface area contributed by atoms with Gasteiger partial charge in [-0.05, 0) is 29.8 Å². The number of hydrogen-bond donors (Lipinski definition) is 3. The van der Waals surface area contributed by atoms with Crippen LogP contribution in [0.25, 0.3) is 11.0 Å². The number of ether oxygens (including phenoxy) is 1. The van der Waals surface area contributed by atoms with Crippen LogP contribution in [0.15, 0.2) is 63.1 Å². The Bertz CT molecular complexity index is 1190. The Morgan fingerprint density at radius 3 is 2.62 bits per heavy atom. The van der Waals surface area contributed by atoms with Crippen molar-refractivity contribution in [3.63, 3.8) is 0 Å². The highest BCUT2D eigenvalue weighted by atomic mass is 16.5. The molecule has 1 aliphatic rings. The van der Waals surface area contributed by atoms with Crippen molar-refractivity contribution in [2.24, 2.45) is 5.73 Å². The first kappa shape index (κ1) is 15.6. The van der Waals surface area contributed by atoms with Crippen molar-refractivity contribution in [1.82, 2.24) is 0 Å². The standard InChI is InChI=1S/C19H12N2O5/c20-8-11-15(9-5-6-12(22)13(23)7-9)16-17(26-18(11)21)10-3-1-2-4-14(10)25-19(16)24/h1-7,15,22-23H,21H2/t15-/m0/s1. The Kier molecular flexibility index (Phi) is 3.34. The van der Waals surface area contributed by atoms with Crippen LogP contribution in [0.2, 0.25) is 0 Å². The van der Waals surface area contributed by atoms with Crippen LogP contribution in [-0.4, -0.2) is 10.2 Å². The summed E-state index contributed by atoms with van der Waals surface area (Å²) in [6.07, 6.45) is 0. The average Bonchev–Trinajstić information content (AvgIpc) is 2.63. The van der Waals surface area contributed by atoms with Gasteiger partial charge in [-0.25, -0.2) is 4.79 Å². The number of hydrogen-bond acceptors (Lipinski definition) is 7. The molecule has 2 aromatic carbocycles. The van der Waals surface area contributed by atoms with E-state index in [2.05, 4.69) is 0 Å². The monoisotopic (exact) mass is 348 g/mol. The number of nitriles is 1. The Labute approximate surface area is 146 Å². The third kappa shape index (κ3) is 2.17. The predicted octanol–water partition coefficient (Wildman–Crippen LogP) is 2.42. The van der Waals surface area contributed by atoms with Gasteiger partial charge < -0.3 is 25.1 Å². The molecule has 0 radical (unpaired) electrons. The average molecular weight is 348 g/mol.